The predicted octanol–water partition coefficient (Wildman–Crippen LogP) is 3.16. The van der Waals surface area contributed by atoms with Crippen LogP contribution in [-0.2, 0) is 10.9 Å². The van der Waals surface area contributed by atoms with E-state index in [9.17, 15) is 13.2 Å². The molecule has 1 rings (SSSR count). The first-order valence-corrected chi connectivity index (χ1v) is 5.98. The molecule has 0 radical (unpaired) electrons. The number of hydrogen-bond donors (Lipinski definition) is 1. The summed E-state index contributed by atoms with van der Waals surface area (Å²) >= 11 is 5.42. The second-order valence-electron chi connectivity index (χ2n) is 3.51. The minimum atomic E-state index is -4.35. The van der Waals surface area contributed by atoms with Gasteiger partial charge in [0.2, 0.25) is 0 Å². The van der Waals surface area contributed by atoms with Crippen LogP contribution in [0.4, 0.5) is 19.0 Å². The van der Waals surface area contributed by atoms with Crippen LogP contribution in [0.3, 0.4) is 0 Å². The third-order valence-corrected chi connectivity index (χ3v) is 2.24. The number of pyridine rings is 1. The van der Waals surface area contributed by atoms with Gasteiger partial charge in [0.25, 0.3) is 0 Å². The van der Waals surface area contributed by atoms with Crippen molar-refractivity contribution in [3.8, 4) is 0 Å². The Morgan fingerprint density at radius 2 is 2.06 bits per heavy atom. The zero-order valence-electron chi connectivity index (χ0n) is 9.63. The van der Waals surface area contributed by atoms with E-state index in [1.807, 2.05) is 0 Å². The van der Waals surface area contributed by atoms with Crippen LogP contribution in [0, 0.1) is 0 Å². The average molecular weight is 283 g/mol. The van der Waals surface area contributed by atoms with Gasteiger partial charge in [-0.3, -0.25) is 0 Å². The van der Waals surface area contributed by atoms with Gasteiger partial charge in [0.15, 0.2) is 0 Å². The lowest BCUT2D eigenvalue weighted by Gasteiger charge is -2.08. The van der Waals surface area contributed by atoms with Crippen LogP contribution in [0.25, 0.3) is 0 Å². The first-order valence-electron chi connectivity index (χ1n) is 5.45. The van der Waals surface area contributed by atoms with Gasteiger partial charge in [-0.1, -0.05) is 0 Å². The molecule has 0 aliphatic carbocycles. The van der Waals surface area contributed by atoms with Crippen molar-refractivity contribution in [1.29, 1.82) is 0 Å². The minimum Gasteiger partial charge on any atom is -0.380 e. The Morgan fingerprint density at radius 1 is 1.28 bits per heavy atom. The fourth-order valence-corrected chi connectivity index (χ4v) is 1.32. The summed E-state index contributed by atoms with van der Waals surface area (Å²) in [5.74, 6) is 0.869. The molecule has 0 fully saturated rings. The van der Waals surface area contributed by atoms with E-state index in [0.717, 1.165) is 18.7 Å². The van der Waals surface area contributed by atoms with Gasteiger partial charge in [-0.15, -0.1) is 11.6 Å². The maximum atomic E-state index is 12.3. The summed E-state index contributed by atoms with van der Waals surface area (Å²) in [7, 11) is 0. The van der Waals surface area contributed by atoms with Gasteiger partial charge in [0, 0.05) is 25.2 Å². The van der Waals surface area contributed by atoms with Crippen LogP contribution in [0.15, 0.2) is 18.3 Å². The third-order valence-electron chi connectivity index (χ3n) is 2.08. The Balaban J connectivity index is 2.27. The molecule has 102 valence electrons. The fourth-order valence-electron chi connectivity index (χ4n) is 1.21. The molecule has 0 amide bonds. The lowest BCUT2D eigenvalue weighted by molar-refractivity contribution is -0.137. The topological polar surface area (TPSA) is 34.1 Å². The number of rotatable bonds is 7. The van der Waals surface area contributed by atoms with E-state index in [4.69, 9.17) is 16.3 Å². The second-order valence-corrected chi connectivity index (χ2v) is 3.89. The van der Waals surface area contributed by atoms with Gasteiger partial charge in [0.05, 0.1) is 12.2 Å². The third kappa shape index (κ3) is 5.55. The first-order chi connectivity index (χ1) is 8.54. The van der Waals surface area contributed by atoms with Crippen molar-refractivity contribution in [3.63, 3.8) is 0 Å². The minimum absolute atomic E-state index is 0.417. The highest BCUT2D eigenvalue weighted by atomic mass is 35.5. The number of nitrogens with zero attached hydrogens (tertiary/aromatic N) is 1. The Labute approximate surface area is 108 Å². The Kier molecular flexibility index (Phi) is 6.21. The number of hydrogen-bond acceptors (Lipinski definition) is 3. The van der Waals surface area contributed by atoms with Crippen molar-refractivity contribution in [3.05, 3.63) is 23.9 Å². The predicted molar refractivity (Wildman–Crippen MR) is 63.9 cm³/mol. The number of aromatic nitrogens is 1. The molecule has 0 saturated carbocycles. The van der Waals surface area contributed by atoms with Crippen LogP contribution in [-0.4, -0.2) is 30.6 Å². The zero-order chi connectivity index (χ0) is 13.4. The SMILES string of the molecule is FC(F)(F)c1ccc(NCCCOCCCl)nc1. The molecule has 0 unspecified atom stereocenters. The van der Waals surface area contributed by atoms with Crippen LogP contribution in [0.2, 0.25) is 0 Å². The Morgan fingerprint density at radius 3 is 2.61 bits per heavy atom. The molecular formula is C11H14ClF3N2O. The normalized spacial score (nSPS) is 11.6. The molecule has 0 bridgehead atoms. The van der Waals surface area contributed by atoms with Crippen molar-refractivity contribution < 1.29 is 17.9 Å². The van der Waals surface area contributed by atoms with E-state index >= 15 is 0 Å². The molecule has 7 heteroatoms. The molecule has 0 saturated heterocycles. The fraction of sp³-hybridized carbons (Fsp3) is 0.545. The molecule has 0 aromatic carbocycles. The van der Waals surface area contributed by atoms with Crippen molar-refractivity contribution in [1.82, 2.24) is 4.98 Å². The molecule has 1 N–H and O–H groups in total. The van der Waals surface area contributed by atoms with E-state index in [1.54, 1.807) is 0 Å². The molecular weight excluding hydrogens is 269 g/mol. The van der Waals surface area contributed by atoms with Crippen molar-refractivity contribution in [2.24, 2.45) is 0 Å². The van der Waals surface area contributed by atoms with Gasteiger partial charge in [-0.2, -0.15) is 13.2 Å². The lowest BCUT2D eigenvalue weighted by atomic mass is 10.3. The Hall–Kier alpha value is -1.01. The molecule has 0 spiro atoms. The van der Waals surface area contributed by atoms with Crippen LogP contribution >= 0.6 is 11.6 Å². The molecule has 18 heavy (non-hydrogen) atoms. The maximum Gasteiger partial charge on any atom is 0.417 e. The number of halogens is 4. The summed E-state index contributed by atoms with van der Waals surface area (Å²) in [6, 6.07) is 2.31. The van der Waals surface area contributed by atoms with Crippen molar-refractivity contribution >= 4 is 17.4 Å². The largest absolute Gasteiger partial charge is 0.417 e. The van der Waals surface area contributed by atoms with Crippen molar-refractivity contribution in [2.45, 2.75) is 12.6 Å². The number of ether oxygens (including phenoxy) is 1. The van der Waals surface area contributed by atoms with E-state index in [-0.39, 0.29) is 0 Å². The highest BCUT2D eigenvalue weighted by Gasteiger charge is 2.30. The van der Waals surface area contributed by atoms with Gasteiger partial charge in [-0.25, -0.2) is 4.98 Å². The number of nitrogens with one attached hydrogen (secondary N) is 1. The standard InChI is InChI=1S/C11H14ClF3N2O/c12-4-7-18-6-1-5-16-10-3-2-9(8-17-10)11(13,14)15/h2-3,8H,1,4-7H2,(H,16,17). The highest BCUT2D eigenvalue weighted by Crippen LogP contribution is 2.28. The highest BCUT2D eigenvalue weighted by molar-refractivity contribution is 6.17. The zero-order valence-corrected chi connectivity index (χ0v) is 10.4. The quantitative estimate of drug-likeness (QED) is 0.616. The smallest absolute Gasteiger partial charge is 0.380 e. The maximum absolute atomic E-state index is 12.3. The van der Waals surface area contributed by atoms with Crippen LogP contribution in [0.1, 0.15) is 12.0 Å². The van der Waals surface area contributed by atoms with Gasteiger partial charge < -0.3 is 10.1 Å². The monoisotopic (exact) mass is 282 g/mol. The molecule has 1 aromatic rings. The van der Waals surface area contributed by atoms with E-state index in [1.165, 1.54) is 6.07 Å². The summed E-state index contributed by atoms with van der Waals surface area (Å²) in [5, 5.41) is 2.91. The molecule has 0 aliphatic heterocycles. The van der Waals surface area contributed by atoms with Gasteiger partial charge >= 0.3 is 6.18 Å². The van der Waals surface area contributed by atoms with E-state index < -0.39 is 11.7 Å². The van der Waals surface area contributed by atoms with Gasteiger partial charge in [0.1, 0.15) is 5.82 Å². The summed E-state index contributed by atoms with van der Waals surface area (Å²) in [6.07, 6.45) is -2.80. The van der Waals surface area contributed by atoms with E-state index in [0.29, 0.717) is 31.5 Å². The number of anilines is 1. The second kappa shape index (κ2) is 7.43. The Bertz CT molecular complexity index is 343. The van der Waals surface area contributed by atoms with Crippen molar-refractivity contribution in [2.75, 3.05) is 31.0 Å². The molecule has 1 aromatic heterocycles. The lowest BCUT2D eigenvalue weighted by Crippen LogP contribution is -2.09. The summed E-state index contributed by atoms with van der Waals surface area (Å²) < 4.78 is 41.9. The van der Waals surface area contributed by atoms with Crippen LogP contribution < -0.4 is 5.32 Å². The average Bonchev–Trinajstić information content (AvgIpc) is 2.33. The molecule has 1 heterocycles. The van der Waals surface area contributed by atoms with Crippen LogP contribution in [0.5, 0.6) is 0 Å². The summed E-state index contributed by atoms with van der Waals surface area (Å²) in [4.78, 5) is 3.69. The molecule has 0 atom stereocenters. The summed E-state index contributed by atoms with van der Waals surface area (Å²) in [5.41, 5.74) is -0.751. The summed E-state index contributed by atoms with van der Waals surface area (Å²) in [6.45, 7) is 1.64. The molecule has 3 nitrogen and oxygen atoms in total. The first kappa shape index (κ1) is 15.0. The molecule has 0 aliphatic rings. The number of alkyl halides is 4. The van der Waals surface area contributed by atoms with Gasteiger partial charge in [-0.05, 0) is 18.6 Å². The van der Waals surface area contributed by atoms with E-state index in [2.05, 4.69) is 10.3 Å².